The fourth-order valence-electron chi connectivity index (χ4n) is 3.52. The third-order valence-corrected chi connectivity index (χ3v) is 4.87. The van der Waals surface area contributed by atoms with Crippen molar-refractivity contribution < 1.29 is 14.3 Å². The van der Waals surface area contributed by atoms with Gasteiger partial charge < -0.3 is 19.3 Å². The number of rotatable bonds is 4. The van der Waals surface area contributed by atoms with Crippen molar-refractivity contribution in [2.75, 3.05) is 44.9 Å². The lowest BCUT2D eigenvalue weighted by Crippen LogP contribution is -2.47. The highest BCUT2D eigenvalue weighted by atomic mass is 16.5. The second-order valence-corrected chi connectivity index (χ2v) is 6.64. The van der Waals surface area contributed by atoms with Crippen LogP contribution in [0.15, 0.2) is 18.3 Å². The Morgan fingerprint density at radius 1 is 1.42 bits per heavy atom. The first-order valence-corrected chi connectivity index (χ1v) is 8.81. The monoisotopic (exact) mass is 333 g/mol. The molecule has 1 amide bonds. The third kappa shape index (κ3) is 3.87. The van der Waals surface area contributed by atoms with Gasteiger partial charge >= 0.3 is 0 Å². The molecule has 2 fully saturated rings. The molecule has 0 aliphatic carbocycles. The van der Waals surface area contributed by atoms with Gasteiger partial charge in [0.25, 0.3) is 5.91 Å². The van der Waals surface area contributed by atoms with Crippen molar-refractivity contribution in [2.24, 2.45) is 0 Å². The van der Waals surface area contributed by atoms with Crippen molar-refractivity contribution in [1.29, 1.82) is 0 Å². The normalized spacial score (nSPS) is 24.9. The molecule has 2 aliphatic heterocycles. The molecule has 2 atom stereocenters. The number of piperidine rings is 1. The van der Waals surface area contributed by atoms with E-state index in [1.807, 2.05) is 11.0 Å². The quantitative estimate of drug-likeness (QED) is 0.843. The van der Waals surface area contributed by atoms with Gasteiger partial charge in [0.1, 0.15) is 5.82 Å². The van der Waals surface area contributed by atoms with Crippen LogP contribution >= 0.6 is 0 Å². The first-order valence-electron chi connectivity index (χ1n) is 8.81. The van der Waals surface area contributed by atoms with Crippen LogP contribution in [0.25, 0.3) is 0 Å². The minimum absolute atomic E-state index is 0.0453. The highest BCUT2D eigenvalue weighted by molar-refractivity contribution is 5.95. The molecule has 132 valence electrons. The number of ether oxygens (including phenoxy) is 2. The molecule has 0 radical (unpaired) electrons. The molecule has 1 aromatic rings. The molecule has 24 heavy (non-hydrogen) atoms. The summed E-state index contributed by atoms with van der Waals surface area (Å²) < 4.78 is 10.8. The molecule has 0 N–H and O–H groups in total. The molecule has 0 unspecified atom stereocenters. The Morgan fingerprint density at radius 2 is 2.29 bits per heavy atom. The SMILES string of the molecule is COC[C@H]1CN(C(=O)c2ccnc(N3CCCC[C@@H]3C)c2)CCO1. The van der Waals surface area contributed by atoms with Crippen LogP contribution in [0.3, 0.4) is 0 Å². The maximum atomic E-state index is 12.8. The zero-order chi connectivity index (χ0) is 16.9. The van der Waals surface area contributed by atoms with Gasteiger partial charge in [0.2, 0.25) is 0 Å². The summed E-state index contributed by atoms with van der Waals surface area (Å²) >= 11 is 0. The van der Waals surface area contributed by atoms with Gasteiger partial charge in [-0.25, -0.2) is 4.98 Å². The smallest absolute Gasteiger partial charge is 0.254 e. The standard InChI is InChI=1S/C18H27N3O3/c1-14-5-3-4-8-21(14)17-11-15(6-7-19-17)18(22)20-9-10-24-16(12-20)13-23-2/h6-7,11,14,16H,3-5,8-10,12-13H2,1-2H3/t14-,16+/m0/s1. The predicted molar refractivity (Wildman–Crippen MR) is 92.4 cm³/mol. The Bertz CT molecular complexity index is 564. The Hall–Kier alpha value is -1.66. The Balaban J connectivity index is 1.72. The van der Waals surface area contributed by atoms with Crippen LogP contribution in [0.4, 0.5) is 5.82 Å². The summed E-state index contributed by atoms with van der Waals surface area (Å²) in [5.74, 6) is 0.961. The molecule has 6 nitrogen and oxygen atoms in total. The van der Waals surface area contributed by atoms with E-state index < -0.39 is 0 Å². The molecule has 0 spiro atoms. The molecule has 0 saturated carbocycles. The Kier molecular flexibility index (Phi) is 5.68. The van der Waals surface area contributed by atoms with Crippen molar-refractivity contribution >= 4 is 11.7 Å². The van der Waals surface area contributed by atoms with Crippen molar-refractivity contribution in [1.82, 2.24) is 9.88 Å². The minimum atomic E-state index is -0.0453. The van der Waals surface area contributed by atoms with E-state index in [0.29, 0.717) is 37.9 Å². The van der Waals surface area contributed by atoms with Crippen LogP contribution in [0, 0.1) is 0 Å². The maximum absolute atomic E-state index is 12.8. The molecule has 3 rings (SSSR count). The van der Waals surface area contributed by atoms with E-state index in [4.69, 9.17) is 9.47 Å². The van der Waals surface area contributed by atoms with Gasteiger partial charge in [-0.1, -0.05) is 0 Å². The predicted octanol–water partition coefficient (Wildman–Crippen LogP) is 1.95. The van der Waals surface area contributed by atoms with E-state index in [1.165, 1.54) is 19.3 Å². The summed E-state index contributed by atoms with van der Waals surface area (Å²) in [5, 5.41) is 0. The highest BCUT2D eigenvalue weighted by Crippen LogP contribution is 2.24. The molecular formula is C18H27N3O3. The van der Waals surface area contributed by atoms with Gasteiger partial charge in [-0.05, 0) is 38.3 Å². The fourth-order valence-corrected chi connectivity index (χ4v) is 3.52. The summed E-state index contributed by atoms with van der Waals surface area (Å²) in [6.45, 7) is 5.50. The average Bonchev–Trinajstić information content (AvgIpc) is 2.62. The molecular weight excluding hydrogens is 306 g/mol. The van der Waals surface area contributed by atoms with Crippen molar-refractivity contribution in [3.05, 3.63) is 23.9 Å². The van der Waals surface area contributed by atoms with Crippen molar-refractivity contribution in [3.63, 3.8) is 0 Å². The Morgan fingerprint density at radius 3 is 3.08 bits per heavy atom. The number of aromatic nitrogens is 1. The molecule has 6 heteroatoms. The van der Waals surface area contributed by atoms with Crippen LogP contribution in [0.2, 0.25) is 0 Å². The number of hydrogen-bond donors (Lipinski definition) is 0. The second kappa shape index (κ2) is 7.94. The second-order valence-electron chi connectivity index (χ2n) is 6.64. The topological polar surface area (TPSA) is 54.9 Å². The summed E-state index contributed by atoms with van der Waals surface area (Å²) in [6.07, 6.45) is 5.34. The van der Waals surface area contributed by atoms with Gasteiger partial charge in [-0.3, -0.25) is 4.79 Å². The third-order valence-electron chi connectivity index (χ3n) is 4.87. The van der Waals surface area contributed by atoms with Gasteiger partial charge in [0.15, 0.2) is 0 Å². The zero-order valence-electron chi connectivity index (χ0n) is 14.6. The van der Waals surface area contributed by atoms with Gasteiger partial charge in [-0.2, -0.15) is 0 Å². The molecule has 2 saturated heterocycles. The number of carbonyl (C=O) groups is 1. The first kappa shape index (κ1) is 17.2. The number of nitrogens with zero attached hydrogens (tertiary/aromatic N) is 3. The van der Waals surface area contributed by atoms with E-state index >= 15 is 0 Å². The van der Waals surface area contributed by atoms with Crippen LogP contribution in [-0.2, 0) is 9.47 Å². The number of morpholine rings is 1. The molecule has 0 bridgehead atoms. The van der Waals surface area contributed by atoms with Crippen LogP contribution < -0.4 is 4.90 Å². The number of carbonyl (C=O) groups excluding carboxylic acids is 1. The summed E-state index contributed by atoms with van der Waals surface area (Å²) in [5.41, 5.74) is 0.704. The zero-order valence-corrected chi connectivity index (χ0v) is 14.6. The number of pyridine rings is 1. The number of amides is 1. The van der Waals surface area contributed by atoms with E-state index in [0.717, 1.165) is 12.4 Å². The van der Waals surface area contributed by atoms with Crippen LogP contribution in [0.5, 0.6) is 0 Å². The van der Waals surface area contributed by atoms with Crippen LogP contribution in [0.1, 0.15) is 36.5 Å². The molecule has 3 heterocycles. The lowest BCUT2D eigenvalue weighted by Gasteiger charge is -2.35. The number of hydrogen-bond acceptors (Lipinski definition) is 5. The number of anilines is 1. The lowest BCUT2D eigenvalue weighted by molar-refractivity contribution is -0.0531. The summed E-state index contributed by atoms with van der Waals surface area (Å²) in [7, 11) is 1.65. The summed E-state index contributed by atoms with van der Waals surface area (Å²) in [6, 6.07) is 4.22. The molecule has 0 aromatic carbocycles. The van der Waals surface area contributed by atoms with E-state index in [1.54, 1.807) is 19.4 Å². The number of methoxy groups -OCH3 is 1. The first-order chi connectivity index (χ1) is 11.7. The average molecular weight is 333 g/mol. The summed E-state index contributed by atoms with van der Waals surface area (Å²) in [4.78, 5) is 21.5. The lowest BCUT2D eigenvalue weighted by atomic mass is 10.0. The van der Waals surface area contributed by atoms with E-state index in [2.05, 4.69) is 16.8 Å². The maximum Gasteiger partial charge on any atom is 0.254 e. The van der Waals surface area contributed by atoms with Gasteiger partial charge in [-0.15, -0.1) is 0 Å². The van der Waals surface area contributed by atoms with Gasteiger partial charge in [0.05, 0.1) is 19.3 Å². The van der Waals surface area contributed by atoms with Crippen molar-refractivity contribution in [3.8, 4) is 0 Å². The largest absolute Gasteiger partial charge is 0.382 e. The van der Waals surface area contributed by atoms with E-state index in [-0.39, 0.29) is 12.0 Å². The minimum Gasteiger partial charge on any atom is -0.382 e. The van der Waals surface area contributed by atoms with Crippen LogP contribution in [-0.4, -0.2) is 67.9 Å². The van der Waals surface area contributed by atoms with Crippen molar-refractivity contribution in [2.45, 2.75) is 38.3 Å². The van der Waals surface area contributed by atoms with Gasteiger partial charge in [0, 0.05) is 44.5 Å². The Labute approximate surface area is 143 Å². The molecule has 2 aliphatic rings. The highest BCUT2D eigenvalue weighted by Gasteiger charge is 2.26. The molecule has 1 aromatic heterocycles. The fraction of sp³-hybridized carbons (Fsp3) is 0.667. The van der Waals surface area contributed by atoms with E-state index in [9.17, 15) is 4.79 Å².